The molecule has 272 valence electrons. The highest BCUT2D eigenvalue weighted by atomic mass is 79.9. The molecule has 0 heterocycles. The zero-order valence-corrected chi connectivity index (χ0v) is 35.1. The summed E-state index contributed by atoms with van der Waals surface area (Å²) in [7, 11) is 1.83. The third kappa shape index (κ3) is 13.5. The molecule has 51 heavy (non-hydrogen) atoms. The fourth-order valence-corrected chi connectivity index (χ4v) is 7.87. The topological polar surface area (TPSA) is 146 Å². The van der Waals surface area contributed by atoms with Gasteiger partial charge >= 0.3 is 11.9 Å². The fraction of sp³-hybridized carbons (Fsp3) is 0.229. The van der Waals surface area contributed by atoms with Gasteiger partial charge in [0.2, 0.25) is 0 Å². The van der Waals surface area contributed by atoms with Gasteiger partial charge in [-0.1, -0.05) is 35.3 Å². The van der Waals surface area contributed by atoms with Crippen molar-refractivity contribution in [2.75, 3.05) is 30.8 Å². The van der Waals surface area contributed by atoms with E-state index in [2.05, 4.69) is 79.7 Å². The normalized spacial score (nSPS) is 10.4. The van der Waals surface area contributed by atoms with Crippen LogP contribution in [-0.2, 0) is 29.2 Å². The minimum Gasteiger partial charge on any atom is -0.487 e. The monoisotopic (exact) mass is 993 g/mol. The maximum atomic E-state index is 12.0. The Morgan fingerprint density at radius 2 is 1.39 bits per heavy atom. The van der Waals surface area contributed by atoms with Gasteiger partial charge in [-0.2, -0.15) is 0 Å². The average Bonchev–Trinajstić information content (AvgIpc) is 3.07. The zero-order valence-electron chi connectivity index (χ0n) is 27.2. The van der Waals surface area contributed by atoms with Crippen molar-refractivity contribution in [3.63, 3.8) is 0 Å². The van der Waals surface area contributed by atoms with E-state index in [1.807, 2.05) is 62.5 Å². The van der Waals surface area contributed by atoms with Gasteiger partial charge < -0.3 is 35.6 Å². The molecule has 0 fully saturated rings. The summed E-state index contributed by atoms with van der Waals surface area (Å²) in [5.41, 5.74) is 4.74. The lowest BCUT2D eigenvalue weighted by atomic mass is 10.1. The number of carbonyl (C=O) groups excluding carboxylic acids is 1. The standard InChI is InChI=1S/C18H17Br2ClN2O4.C17H16Br2ClNO3/c1-2-22-14-5-3-4-10(16(14)21)9-27-17-12(19)6-11(7-13(17)20)18(26)23-8-15(24)25;1-21-13-5-11(4-12(20)8-13)9-24-17-14(18)6-10(7-15(17)19)2-3-16(22)23/h3-7,22H,2,8-9H2,1H3,(H,23,26)(H,24,25);4-8,21H,2-3,9H2,1H3,(H,22,23). The van der Waals surface area contributed by atoms with Crippen LogP contribution in [0.25, 0.3) is 0 Å². The summed E-state index contributed by atoms with van der Waals surface area (Å²) in [4.78, 5) is 33.3. The van der Waals surface area contributed by atoms with Gasteiger partial charge in [0.25, 0.3) is 5.91 Å². The molecule has 4 aromatic carbocycles. The number of halogens is 6. The van der Waals surface area contributed by atoms with Gasteiger partial charge in [0, 0.05) is 41.9 Å². The molecule has 0 aliphatic heterocycles. The summed E-state index contributed by atoms with van der Waals surface area (Å²) < 4.78 is 14.4. The maximum absolute atomic E-state index is 12.0. The molecule has 0 aromatic heterocycles. The molecule has 4 rings (SSSR count). The first-order valence-electron chi connectivity index (χ1n) is 15.1. The van der Waals surface area contributed by atoms with Crippen molar-refractivity contribution in [3.05, 3.63) is 111 Å². The van der Waals surface area contributed by atoms with Gasteiger partial charge in [0.1, 0.15) is 31.3 Å². The number of amides is 1. The number of aryl methyl sites for hydroxylation is 1. The third-order valence-electron chi connectivity index (χ3n) is 6.79. The van der Waals surface area contributed by atoms with Gasteiger partial charge in [-0.05, 0) is 137 Å². The van der Waals surface area contributed by atoms with E-state index in [0.717, 1.165) is 43.6 Å². The molecule has 0 unspecified atom stereocenters. The lowest BCUT2D eigenvalue weighted by Gasteiger charge is -2.14. The minimum atomic E-state index is -1.11. The lowest BCUT2D eigenvalue weighted by Crippen LogP contribution is -2.29. The van der Waals surface area contributed by atoms with Gasteiger partial charge in [0.05, 0.1) is 28.6 Å². The van der Waals surface area contributed by atoms with Crippen molar-refractivity contribution in [2.24, 2.45) is 0 Å². The van der Waals surface area contributed by atoms with E-state index >= 15 is 0 Å². The Labute approximate surface area is 339 Å². The molecular weight excluding hydrogens is 965 g/mol. The van der Waals surface area contributed by atoms with Crippen LogP contribution in [0.5, 0.6) is 11.5 Å². The predicted molar refractivity (Wildman–Crippen MR) is 215 cm³/mol. The average molecular weight is 998 g/mol. The van der Waals surface area contributed by atoms with Crippen molar-refractivity contribution in [1.29, 1.82) is 0 Å². The fourth-order valence-electron chi connectivity index (χ4n) is 4.43. The number of anilines is 2. The molecule has 0 bridgehead atoms. The first kappa shape index (κ1) is 42.4. The van der Waals surface area contributed by atoms with Crippen LogP contribution in [0.2, 0.25) is 10.0 Å². The Kier molecular flexibility index (Phi) is 17.4. The van der Waals surface area contributed by atoms with E-state index in [1.54, 1.807) is 12.1 Å². The Morgan fingerprint density at radius 3 is 1.96 bits per heavy atom. The van der Waals surface area contributed by atoms with Gasteiger partial charge in [-0.15, -0.1) is 0 Å². The number of nitrogens with one attached hydrogen (secondary N) is 3. The highest BCUT2D eigenvalue weighted by molar-refractivity contribution is 9.11. The Balaban J connectivity index is 0.000000277. The van der Waals surface area contributed by atoms with Gasteiger partial charge in [-0.25, -0.2) is 0 Å². The second-order valence-corrected chi connectivity index (χ2v) is 14.8. The molecule has 1 amide bonds. The molecule has 0 atom stereocenters. The van der Waals surface area contributed by atoms with Crippen molar-refractivity contribution < 1.29 is 34.1 Å². The highest BCUT2D eigenvalue weighted by Gasteiger charge is 2.16. The number of carboxylic acids is 2. The van der Waals surface area contributed by atoms with Crippen molar-refractivity contribution in [3.8, 4) is 11.5 Å². The summed E-state index contributed by atoms with van der Waals surface area (Å²) in [5, 5.41) is 27.2. The van der Waals surface area contributed by atoms with E-state index in [1.165, 1.54) is 0 Å². The van der Waals surface area contributed by atoms with Crippen LogP contribution in [0.15, 0.2) is 78.6 Å². The van der Waals surface area contributed by atoms with E-state index in [4.69, 9.17) is 42.9 Å². The molecular formula is C35H33Br4Cl2N3O7. The molecule has 5 N–H and O–H groups in total. The molecule has 0 spiro atoms. The SMILES string of the molecule is CCNc1cccc(COc2c(Br)cc(C(=O)NCC(=O)O)cc2Br)c1Cl.CNc1cc(Cl)cc(COc2c(Br)cc(CCC(=O)O)cc2Br)c1. The molecule has 16 heteroatoms. The van der Waals surface area contributed by atoms with Crippen molar-refractivity contribution >= 4 is 116 Å². The van der Waals surface area contributed by atoms with Gasteiger partial charge in [0.15, 0.2) is 0 Å². The highest BCUT2D eigenvalue weighted by Crippen LogP contribution is 2.37. The summed E-state index contributed by atoms with van der Waals surface area (Å²) in [6.07, 6.45) is 0.557. The molecule has 0 saturated carbocycles. The number of hydrogen-bond donors (Lipinski definition) is 5. The minimum absolute atomic E-state index is 0.0917. The third-order valence-corrected chi connectivity index (χ3v) is 9.81. The largest absolute Gasteiger partial charge is 0.487 e. The van der Waals surface area contributed by atoms with E-state index < -0.39 is 24.4 Å². The van der Waals surface area contributed by atoms with Crippen LogP contribution in [0.3, 0.4) is 0 Å². The second-order valence-electron chi connectivity index (χ2n) is 10.6. The number of carbonyl (C=O) groups is 3. The number of benzene rings is 4. The van der Waals surface area contributed by atoms with E-state index in [0.29, 0.717) is 49.1 Å². The Bertz CT molecular complexity index is 1840. The smallest absolute Gasteiger partial charge is 0.322 e. The van der Waals surface area contributed by atoms with E-state index in [-0.39, 0.29) is 13.0 Å². The van der Waals surface area contributed by atoms with E-state index in [9.17, 15) is 14.4 Å². The molecule has 10 nitrogen and oxygen atoms in total. The maximum Gasteiger partial charge on any atom is 0.322 e. The predicted octanol–water partition coefficient (Wildman–Crippen LogP) is 10.2. The first-order chi connectivity index (χ1) is 24.2. The lowest BCUT2D eigenvalue weighted by molar-refractivity contribution is -0.137. The van der Waals surface area contributed by atoms with Crippen molar-refractivity contribution in [2.45, 2.75) is 33.0 Å². The molecule has 0 aliphatic carbocycles. The molecule has 0 radical (unpaired) electrons. The van der Waals surface area contributed by atoms with Crippen LogP contribution in [0.1, 0.15) is 40.4 Å². The Hall–Kier alpha value is -3.01. The molecule has 0 aliphatic rings. The summed E-state index contributed by atoms with van der Waals surface area (Å²) in [6.45, 7) is 2.89. The number of aliphatic carboxylic acids is 2. The summed E-state index contributed by atoms with van der Waals surface area (Å²) in [5.74, 6) is -1.25. The van der Waals surface area contributed by atoms with Crippen LogP contribution in [0.4, 0.5) is 11.4 Å². The number of rotatable bonds is 15. The summed E-state index contributed by atoms with van der Waals surface area (Å²) >= 11 is 26.2. The van der Waals surface area contributed by atoms with Crippen LogP contribution >= 0.6 is 86.9 Å². The molecule has 0 saturated heterocycles. The van der Waals surface area contributed by atoms with Crippen LogP contribution in [0, 0.1) is 0 Å². The van der Waals surface area contributed by atoms with Crippen LogP contribution < -0.4 is 25.4 Å². The zero-order chi connectivity index (χ0) is 37.7. The number of ether oxygens (including phenoxy) is 2. The first-order valence-corrected chi connectivity index (χ1v) is 19.1. The Morgan fingerprint density at radius 1 is 0.784 bits per heavy atom. The molecule has 4 aromatic rings. The number of carboxylic acid groups (broad SMARTS) is 2. The quantitative estimate of drug-likeness (QED) is 0.0786. The second kappa shape index (κ2) is 20.9. The van der Waals surface area contributed by atoms with Crippen molar-refractivity contribution in [1.82, 2.24) is 5.32 Å². The number of hydrogen-bond acceptors (Lipinski definition) is 7. The van der Waals surface area contributed by atoms with Gasteiger partial charge in [-0.3, -0.25) is 14.4 Å². The van der Waals surface area contributed by atoms with Crippen LogP contribution in [-0.4, -0.2) is 48.2 Å². The summed E-state index contributed by atoms with van der Waals surface area (Å²) in [6, 6.07) is 18.2.